The van der Waals surface area contributed by atoms with E-state index in [2.05, 4.69) is 26.0 Å². The number of allylic oxidation sites excluding steroid dienone is 2. The van der Waals surface area contributed by atoms with Gasteiger partial charge in [0, 0.05) is 5.92 Å². The first-order chi connectivity index (χ1) is 7.20. The molecule has 0 unspecified atom stereocenters. The van der Waals surface area contributed by atoms with E-state index in [4.69, 9.17) is 0 Å². The normalized spacial score (nSPS) is 27.1. The molecule has 1 fully saturated rings. The number of rotatable bonds is 0. The summed E-state index contributed by atoms with van der Waals surface area (Å²) in [6, 6.07) is 8.30. The van der Waals surface area contributed by atoms with Gasteiger partial charge in [0.2, 0.25) is 0 Å². The third-order valence-corrected chi connectivity index (χ3v) is 3.73. The lowest BCUT2D eigenvalue weighted by Crippen LogP contribution is -2.02. The van der Waals surface area contributed by atoms with Crippen molar-refractivity contribution in [1.29, 1.82) is 0 Å². The van der Waals surface area contributed by atoms with E-state index in [1.807, 2.05) is 12.1 Å². The Morgan fingerprint density at radius 3 is 2.53 bits per heavy atom. The molecule has 0 aliphatic heterocycles. The van der Waals surface area contributed by atoms with Crippen LogP contribution >= 0.6 is 0 Å². The van der Waals surface area contributed by atoms with Crippen LogP contribution in [0.5, 0.6) is 0 Å². The Hall–Kier alpha value is -1.37. The number of ketones is 1. The summed E-state index contributed by atoms with van der Waals surface area (Å²) in [7, 11) is 0. The van der Waals surface area contributed by atoms with Crippen molar-refractivity contribution in [2.24, 2.45) is 0 Å². The van der Waals surface area contributed by atoms with Crippen molar-refractivity contribution < 1.29 is 4.79 Å². The molecular weight excluding hydrogens is 184 g/mol. The van der Waals surface area contributed by atoms with Crippen LogP contribution in [0, 0.1) is 0 Å². The summed E-state index contributed by atoms with van der Waals surface area (Å²) in [6.07, 6.45) is 0.961. The number of hydrogen-bond acceptors (Lipinski definition) is 1. The smallest absolute Gasteiger partial charge is 0.152 e. The van der Waals surface area contributed by atoms with Crippen LogP contribution in [0.4, 0.5) is 0 Å². The van der Waals surface area contributed by atoms with Crippen molar-refractivity contribution in [3.8, 4) is 0 Å². The summed E-state index contributed by atoms with van der Waals surface area (Å²) < 4.78 is 0. The van der Waals surface area contributed by atoms with Crippen LogP contribution in [0.1, 0.15) is 43.2 Å². The lowest BCUT2D eigenvalue weighted by atomic mass is 9.86. The molecule has 1 heteroatoms. The number of fused-ring (bicyclic) bond motifs is 5. The van der Waals surface area contributed by atoms with Gasteiger partial charge in [0.25, 0.3) is 0 Å². The molecule has 0 N–H and O–H groups in total. The molecule has 2 bridgehead atoms. The fraction of sp³-hybridized carbons (Fsp3) is 0.357. The SMILES string of the molecule is CC(C)=C1C[C@@H]2C(=O)[C@H]1c1ccccc12. The summed E-state index contributed by atoms with van der Waals surface area (Å²) in [5.41, 5.74) is 5.22. The van der Waals surface area contributed by atoms with E-state index < -0.39 is 0 Å². The molecule has 3 rings (SSSR count). The summed E-state index contributed by atoms with van der Waals surface area (Å²) in [5, 5.41) is 0. The quantitative estimate of drug-likeness (QED) is 0.585. The van der Waals surface area contributed by atoms with Crippen molar-refractivity contribution in [2.45, 2.75) is 32.1 Å². The molecule has 1 nitrogen and oxygen atoms in total. The van der Waals surface area contributed by atoms with E-state index in [9.17, 15) is 4.79 Å². The minimum Gasteiger partial charge on any atom is -0.298 e. The standard InChI is InChI=1S/C14H14O/c1-8(2)11-7-12-9-5-3-4-6-10(9)13(11)14(12)15/h3-6,12-13H,7H2,1-2H3/t12-,13-/m0/s1. The third-order valence-electron chi connectivity index (χ3n) is 3.73. The second-order valence-corrected chi connectivity index (χ2v) is 4.75. The molecule has 2 aliphatic carbocycles. The zero-order chi connectivity index (χ0) is 10.6. The van der Waals surface area contributed by atoms with Gasteiger partial charge in [-0.15, -0.1) is 0 Å². The second-order valence-electron chi connectivity index (χ2n) is 4.75. The molecule has 1 aromatic carbocycles. The Balaban J connectivity index is 2.24. The fourth-order valence-corrected chi connectivity index (χ4v) is 3.00. The summed E-state index contributed by atoms with van der Waals surface area (Å²) >= 11 is 0. The largest absolute Gasteiger partial charge is 0.298 e. The molecule has 15 heavy (non-hydrogen) atoms. The number of hydrogen-bond donors (Lipinski definition) is 0. The molecule has 0 aromatic heterocycles. The highest BCUT2D eigenvalue weighted by molar-refractivity contribution is 6.02. The lowest BCUT2D eigenvalue weighted by molar-refractivity contribution is -0.118. The first kappa shape index (κ1) is 8.90. The van der Waals surface area contributed by atoms with Crippen LogP contribution in [-0.4, -0.2) is 5.78 Å². The lowest BCUT2D eigenvalue weighted by Gasteiger charge is -2.17. The summed E-state index contributed by atoms with van der Waals surface area (Å²) in [6.45, 7) is 4.23. The zero-order valence-corrected chi connectivity index (χ0v) is 9.08. The highest BCUT2D eigenvalue weighted by Gasteiger charge is 2.47. The molecular formula is C14H14O. The maximum atomic E-state index is 12.1. The van der Waals surface area contributed by atoms with E-state index in [0.717, 1.165) is 6.42 Å². The maximum absolute atomic E-state index is 12.1. The summed E-state index contributed by atoms with van der Waals surface area (Å²) in [5.74, 6) is 0.680. The minimum absolute atomic E-state index is 0.0937. The van der Waals surface area contributed by atoms with E-state index in [0.29, 0.717) is 5.78 Å². The van der Waals surface area contributed by atoms with Gasteiger partial charge in [-0.25, -0.2) is 0 Å². The molecule has 1 aromatic rings. The number of carbonyl (C=O) groups is 1. The van der Waals surface area contributed by atoms with Gasteiger partial charge in [0.15, 0.2) is 5.78 Å². The van der Waals surface area contributed by atoms with Crippen molar-refractivity contribution in [3.63, 3.8) is 0 Å². The van der Waals surface area contributed by atoms with Gasteiger partial charge in [-0.2, -0.15) is 0 Å². The van der Waals surface area contributed by atoms with Crippen molar-refractivity contribution in [1.82, 2.24) is 0 Å². The van der Waals surface area contributed by atoms with Crippen molar-refractivity contribution in [3.05, 3.63) is 46.5 Å². The minimum atomic E-state index is 0.0937. The monoisotopic (exact) mass is 198 g/mol. The predicted molar refractivity (Wildman–Crippen MR) is 59.9 cm³/mol. The Kier molecular flexibility index (Phi) is 1.67. The number of Topliss-reactive ketones (excluding diaryl/α,β-unsaturated/α-hetero) is 1. The van der Waals surface area contributed by atoms with E-state index in [-0.39, 0.29) is 11.8 Å². The maximum Gasteiger partial charge on any atom is 0.152 e. The molecule has 76 valence electrons. The second kappa shape index (κ2) is 2.82. The molecule has 0 spiro atoms. The van der Waals surface area contributed by atoms with Crippen LogP contribution in [0.3, 0.4) is 0 Å². The van der Waals surface area contributed by atoms with Gasteiger partial charge in [-0.3, -0.25) is 4.79 Å². The molecule has 2 atom stereocenters. The van der Waals surface area contributed by atoms with Gasteiger partial charge in [0.05, 0.1) is 5.92 Å². The topological polar surface area (TPSA) is 17.1 Å². The predicted octanol–water partition coefficient (Wildman–Crippen LogP) is 3.18. The van der Waals surface area contributed by atoms with E-state index in [1.54, 1.807) is 0 Å². The molecule has 1 saturated carbocycles. The molecule has 0 saturated heterocycles. The Bertz CT molecular complexity index is 478. The average molecular weight is 198 g/mol. The fourth-order valence-electron chi connectivity index (χ4n) is 3.00. The van der Waals surface area contributed by atoms with Gasteiger partial charge in [-0.1, -0.05) is 35.4 Å². The van der Waals surface area contributed by atoms with Crippen LogP contribution in [-0.2, 0) is 4.79 Å². The van der Waals surface area contributed by atoms with E-state index in [1.165, 1.54) is 22.3 Å². The molecule has 0 heterocycles. The average Bonchev–Trinajstić information content (AvgIpc) is 2.70. The third kappa shape index (κ3) is 1.01. The van der Waals surface area contributed by atoms with Crippen LogP contribution in [0.15, 0.2) is 35.4 Å². The van der Waals surface area contributed by atoms with Crippen LogP contribution in [0.2, 0.25) is 0 Å². The molecule has 0 radical (unpaired) electrons. The van der Waals surface area contributed by atoms with Gasteiger partial charge in [0.1, 0.15) is 0 Å². The van der Waals surface area contributed by atoms with Gasteiger partial charge >= 0.3 is 0 Å². The zero-order valence-electron chi connectivity index (χ0n) is 9.08. The molecule has 2 aliphatic rings. The van der Waals surface area contributed by atoms with Crippen LogP contribution < -0.4 is 0 Å². The Labute approximate surface area is 89.8 Å². The van der Waals surface area contributed by atoms with Crippen LogP contribution in [0.25, 0.3) is 0 Å². The Morgan fingerprint density at radius 2 is 1.87 bits per heavy atom. The first-order valence-electron chi connectivity index (χ1n) is 5.49. The van der Waals surface area contributed by atoms with Crippen molar-refractivity contribution >= 4 is 5.78 Å². The summed E-state index contributed by atoms with van der Waals surface area (Å²) in [4.78, 5) is 12.1. The van der Waals surface area contributed by atoms with E-state index >= 15 is 0 Å². The number of benzene rings is 1. The van der Waals surface area contributed by atoms with Crippen molar-refractivity contribution in [2.75, 3.05) is 0 Å². The highest BCUT2D eigenvalue weighted by atomic mass is 16.1. The van der Waals surface area contributed by atoms with Gasteiger partial charge in [-0.05, 0) is 31.4 Å². The number of carbonyl (C=O) groups excluding carboxylic acids is 1. The first-order valence-corrected chi connectivity index (χ1v) is 5.49. The Morgan fingerprint density at radius 1 is 1.20 bits per heavy atom. The highest BCUT2D eigenvalue weighted by Crippen LogP contribution is 2.53. The molecule has 0 amide bonds. The van der Waals surface area contributed by atoms with Gasteiger partial charge < -0.3 is 0 Å².